The molecule has 0 radical (unpaired) electrons. The summed E-state index contributed by atoms with van der Waals surface area (Å²) in [7, 11) is 0. The van der Waals surface area contributed by atoms with Crippen molar-refractivity contribution >= 4 is 23.2 Å². The molecule has 210 valence electrons. The molecular formula is C33H41N5O2. The van der Waals surface area contributed by atoms with Gasteiger partial charge in [0, 0.05) is 37.4 Å². The third kappa shape index (κ3) is 5.30. The normalized spacial score (nSPS) is 23.5. The molecule has 2 fully saturated rings. The molecule has 0 aliphatic carbocycles. The molecule has 0 spiro atoms. The number of rotatable bonds is 5. The molecule has 0 aromatic heterocycles. The zero-order valence-corrected chi connectivity index (χ0v) is 23.5. The molecule has 5 N–H and O–H groups in total. The summed E-state index contributed by atoms with van der Waals surface area (Å²) in [5, 5.41) is 24.4. The average Bonchev–Trinajstić information content (AvgIpc) is 3.04. The fourth-order valence-corrected chi connectivity index (χ4v) is 6.67. The molecular weight excluding hydrogens is 498 g/mol. The molecule has 3 atom stereocenters. The van der Waals surface area contributed by atoms with Gasteiger partial charge in [-0.1, -0.05) is 74.5 Å². The molecule has 2 amide bonds. The molecule has 7 heteroatoms. The van der Waals surface area contributed by atoms with Crippen LogP contribution in [0.25, 0.3) is 0 Å². The van der Waals surface area contributed by atoms with E-state index in [1.165, 1.54) is 0 Å². The molecule has 2 aliphatic heterocycles. The number of hydrogen-bond donors (Lipinski definition) is 4. The summed E-state index contributed by atoms with van der Waals surface area (Å²) >= 11 is 0. The van der Waals surface area contributed by atoms with Gasteiger partial charge in [-0.05, 0) is 66.0 Å². The van der Waals surface area contributed by atoms with Crippen LogP contribution in [0.3, 0.4) is 0 Å². The number of urea groups is 1. The number of carbonyl (C=O) groups excluding carboxylic acids is 1. The van der Waals surface area contributed by atoms with Crippen molar-refractivity contribution in [2.24, 2.45) is 17.8 Å². The second-order valence-electron chi connectivity index (χ2n) is 11.5. The van der Waals surface area contributed by atoms with Crippen LogP contribution in [0.15, 0.2) is 84.9 Å². The smallest absolute Gasteiger partial charge is 0.321 e. The monoisotopic (exact) mass is 539 g/mol. The van der Waals surface area contributed by atoms with Crippen molar-refractivity contribution in [3.8, 4) is 0 Å². The predicted molar refractivity (Wildman–Crippen MR) is 161 cm³/mol. The van der Waals surface area contributed by atoms with Crippen LogP contribution in [-0.2, 0) is 5.41 Å². The van der Waals surface area contributed by atoms with Gasteiger partial charge in [-0.2, -0.15) is 0 Å². The minimum Gasteiger partial charge on any atom is -0.399 e. The van der Waals surface area contributed by atoms with E-state index in [0.717, 1.165) is 29.7 Å². The van der Waals surface area contributed by atoms with E-state index < -0.39 is 11.6 Å². The number of aliphatic hydroxyl groups is 1. The number of amides is 2. The number of amidine groups is 1. The first kappa shape index (κ1) is 27.7. The Balaban J connectivity index is 1.36. The maximum Gasteiger partial charge on any atom is 0.321 e. The summed E-state index contributed by atoms with van der Waals surface area (Å²) in [5.41, 5.74) is 8.60. The first-order valence-electron chi connectivity index (χ1n) is 14.3. The number of nitrogens with two attached hydrogens (primary N) is 1. The highest BCUT2D eigenvalue weighted by atomic mass is 16.3. The fourth-order valence-electron chi connectivity index (χ4n) is 6.67. The summed E-state index contributed by atoms with van der Waals surface area (Å²) in [6.07, 6.45) is 1.36. The summed E-state index contributed by atoms with van der Waals surface area (Å²) in [6, 6.07) is 27.7. The molecule has 2 saturated heterocycles. The molecule has 7 nitrogen and oxygen atoms in total. The minimum atomic E-state index is -0.892. The Morgan fingerprint density at radius 1 is 0.950 bits per heavy atom. The lowest BCUT2D eigenvalue weighted by Crippen LogP contribution is -2.56. The average molecular weight is 540 g/mol. The number of nitrogen functional groups attached to an aromatic ring is 1. The van der Waals surface area contributed by atoms with E-state index in [4.69, 9.17) is 11.1 Å². The Morgan fingerprint density at radius 2 is 1.50 bits per heavy atom. The molecule has 0 saturated carbocycles. The molecule has 3 unspecified atom stereocenters. The van der Waals surface area contributed by atoms with Gasteiger partial charge < -0.3 is 26.0 Å². The van der Waals surface area contributed by atoms with Crippen LogP contribution >= 0.6 is 0 Å². The number of nitrogens with one attached hydrogen (secondary N) is 2. The fraction of sp³-hybridized carbons (Fsp3) is 0.394. The second kappa shape index (κ2) is 11.7. The number of aliphatic hydroxyl groups excluding tert-OH is 1. The number of benzene rings is 3. The van der Waals surface area contributed by atoms with Crippen molar-refractivity contribution in [2.45, 2.75) is 44.8 Å². The van der Waals surface area contributed by atoms with E-state index in [1.54, 1.807) is 24.3 Å². The van der Waals surface area contributed by atoms with Crippen molar-refractivity contribution in [2.75, 3.05) is 30.7 Å². The van der Waals surface area contributed by atoms with Crippen LogP contribution in [0.4, 0.5) is 16.2 Å². The number of piperidine rings is 1. The topological polar surface area (TPSA) is 106 Å². The Labute approximate surface area is 237 Å². The Bertz CT molecular complexity index is 1250. The molecule has 5 rings (SSSR count). The lowest BCUT2D eigenvalue weighted by Gasteiger charge is -2.48. The van der Waals surface area contributed by atoms with E-state index >= 15 is 0 Å². The number of likely N-dealkylation sites (tertiary alicyclic amines) is 2. The van der Waals surface area contributed by atoms with Crippen LogP contribution in [-0.4, -0.2) is 52.6 Å². The van der Waals surface area contributed by atoms with Crippen LogP contribution in [0, 0.1) is 23.2 Å². The predicted octanol–water partition coefficient (Wildman–Crippen LogP) is 5.77. The third-order valence-electron chi connectivity index (χ3n) is 9.16. The van der Waals surface area contributed by atoms with Crippen LogP contribution < -0.4 is 11.1 Å². The van der Waals surface area contributed by atoms with Gasteiger partial charge in [0.05, 0.1) is 11.3 Å². The Kier molecular flexibility index (Phi) is 8.12. The highest BCUT2D eigenvalue weighted by Crippen LogP contribution is 2.49. The van der Waals surface area contributed by atoms with Crippen LogP contribution in [0.1, 0.15) is 44.2 Å². The molecule has 2 aliphatic rings. The van der Waals surface area contributed by atoms with E-state index in [2.05, 4.69) is 43.4 Å². The standard InChI is InChI=1S/C33H41N5O2/c1-23-21-30(35)38(22-25-17-19-37(20-18-25)32(40)36-29-15-13-28(34)14-16-29)31(39)33(24(23)2,26-9-5-3-6-10-26)27-11-7-4-8-12-27/h3-16,23-25,31,35,39H,17-22,34H2,1-2H3,(H,36,40). The lowest BCUT2D eigenvalue weighted by atomic mass is 9.61. The Hall–Kier alpha value is -3.84. The quantitative estimate of drug-likeness (QED) is 0.309. The maximum atomic E-state index is 12.9. The van der Waals surface area contributed by atoms with Crippen molar-refractivity contribution in [3.05, 3.63) is 96.1 Å². The minimum absolute atomic E-state index is 0.0940. The number of hydrogen-bond acceptors (Lipinski definition) is 4. The number of anilines is 2. The van der Waals surface area contributed by atoms with Crippen molar-refractivity contribution in [3.63, 3.8) is 0 Å². The van der Waals surface area contributed by atoms with Gasteiger partial charge in [0.25, 0.3) is 0 Å². The number of nitrogens with zero attached hydrogens (tertiary/aromatic N) is 2. The van der Waals surface area contributed by atoms with Crippen molar-refractivity contribution in [1.82, 2.24) is 9.80 Å². The maximum absolute atomic E-state index is 12.9. The molecule has 0 bridgehead atoms. The van der Waals surface area contributed by atoms with Gasteiger partial charge in [-0.3, -0.25) is 5.41 Å². The van der Waals surface area contributed by atoms with E-state index in [0.29, 0.717) is 37.6 Å². The zero-order chi connectivity index (χ0) is 28.3. The second-order valence-corrected chi connectivity index (χ2v) is 11.5. The summed E-state index contributed by atoms with van der Waals surface area (Å²) in [6.45, 7) is 6.29. The zero-order valence-electron chi connectivity index (χ0n) is 23.5. The van der Waals surface area contributed by atoms with Crippen LogP contribution in [0.5, 0.6) is 0 Å². The number of carbonyl (C=O) groups is 1. The largest absolute Gasteiger partial charge is 0.399 e. The van der Waals surface area contributed by atoms with E-state index in [9.17, 15) is 9.90 Å². The van der Waals surface area contributed by atoms with E-state index in [1.807, 2.05) is 46.2 Å². The van der Waals surface area contributed by atoms with Gasteiger partial charge >= 0.3 is 6.03 Å². The molecule has 40 heavy (non-hydrogen) atoms. The summed E-state index contributed by atoms with van der Waals surface area (Å²) in [5.74, 6) is 1.05. The first-order chi connectivity index (χ1) is 19.3. The van der Waals surface area contributed by atoms with Gasteiger partial charge in [0.1, 0.15) is 6.23 Å². The lowest BCUT2D eigenvalue weighted by molar-refractivity contribution is -0.0317. The SMILES string of the molecule is CC1CC(=N)N(CC2CCN(C(=O)Nc3ccc(N)cc3)CC2)C(O)C(c2ccccc2)(c2ccccc2)C1C. The first-order valence-corrected chi connectivity index (χ1v) is 14.3. The highest BCUT2D eigenvalue weighted by molar-refractivity contribution is 5.89. The van der Waals surface area contributed by atoms with Gasteiger partial charge in [-0.25, -0.2) is 4.79 Å². The summed E-state index contributed by atoms with van der Waals surface area (Å²) < 4.78 is 0. The van der Waals surface area contributed by atoms with Crippen LogP contribution in [0.2, 0.25) is 0 Å². The molecule has 2 heterocycles. The van der Waals surface area contributed by atoms with Gasteiger partial charge in [0.15, 0.2) is 0 Å². The summed E-state index contributed by atoms with van der Waals surface area (Å²) in [4.78, 5) is 16.7. The van der Waals surface area contributed by atoms with E-state index in [-0.39, 0.29) is 23.8 Å². The third-order valence-corrected chi connectivity index (χ3v) is 9.16. The molecule has 3 aromatic rings. The highest BCUT2D eigenvalue weighted by Gasteiger charge is 2.52. The van der Waals surface area contributed by atoms with Crippen molar-refractivity contribution in [1.29, 1.82) is 5.41 Å². The van der Waals surface area contributed by atoms with Gasteiger partial charge in [-0.15, -0.1) is 0 Å². The van der Waals surface area contributed by atoms with Crippen molar-refractivity contribution < 1.29 is 9.90 Å². The molecule has 3 aromatic carbocycles. The Morgan fingerprint density at radius 3 is 2.05 bits per heavy atom. The van der Waals surface area contributed by atoms with Gasteiger partial charge in [0.2, 0.25) is 0 Å².